The highest BCUT2D eigenvalue weighted by Gasteiger charge is 2.25. The number of nitrogens with zero attached hydrogens (tertiary/aromatic N) is 3. The number of hydrogen-bond donors (Lipinski definition) is 1. The van der Waals surface area contributed by atoms with Gasteiger partial charge in [0, 0.05) is 30.7 Å². The van der Waals surface area contributed by atoms with Crippen LogP contribution in [0.1, 0.15) is 31.5 Å². The van der Waals surface area contributed by atoms with E-state index in [0.29, 0.717) is 0 Å². The standard InChI is InChI=1S/C12H20N4S/c1-9-14-12(17-15-9)16-6-4-11(5-7-16)13-8-10-2-3-10/h10-11,13H,2-8H2,1H3. The van der Waals surface area contributed by atoms with Crippen LogP contribution < -0.4 is 10.2 Å². The summed E-state index contributed by atoms with van der Waals surface area (Å²) in [7, 11) is 0. The monoisotopic (exact) mass is 252 g/mol. The number of aryl methyl sites for hydroxylation is 1. The highest BCUT2D eigenvalue weighted by atomic mass is 32.1. The average molecular weight is 252 g/mol. The SMILES string of the molecule is Cc1nsc(N2CCC(NCC3CC3)CC2)n1. The number of piperidine rings is 1. The Morgan fingerprint density at radius 2 is 2.06 bits per heavy atom. The van der Waals surface area contributed by atoms with Crippen LogP contribution >= 0.6 is 11.5 Å². The number of aromatic nitrogens is 2. The summed E-state index contributed by atoms with van der Waals surface area (Å²) in [5, 5.41) is 4.80. The molecule has 0 amide bonds. The lowest BCUT2D eigenvalue weighted by Crippen LogP contribution is -2.43. The van der Waals surface area contributed by atoms with Crippen LogP contribution in [0.3, 0.4) is 0 Å². The third-order valence-corrected chi connectivity index (χ3v) is 4.54. The first-order chi connectivity index (χ1) is 8.31. The molecule has 1 aromatic heterocycles. The average Bonchev–Trinajstić information content (AvgIpc) is 3.09. The minimum atomic E-state index is 0.723. The Bertz CT molecular complexity index is 366. The molecule has 17 heavy (non-hydrogen) atoms. The van der Waals surface area contributed by atoms with Crippen molar-refractivity contribution in [2.24, 2.45) is 5.92 Å². The molecule has 1 aromatic rings. The third-order valence-electron chi connectivity index (χ3n) is 3.67. The summed E-state index contributed by atoms with van der Waals surface area (Å²) in [6, 6.07) is 0.723. The fraction of sp³-hybridized carbons (Fsp3) is 0.833. The van der Waals surface area contributed by atoms with E-state index < -0.39 is 0 Å². The fourth-order valence-corrected chi connectivity index (χ4v) is 3.07. The molecule has 2 fully saturated rings. The van der Waals surface area contributed by atoms with Gasteiger partial charge >= 0.3 is 0 Å². The predicted octanol–water partition coefficient (Wildman–Crippen LogP) is 1.81. The van der Waals surface area contributed by atoms with E-state index in [-0.39, 0.29) is 0 Å². The van der Waals surface area contributed by atoms with Gasteiger partial charge in [0.1, 0.15) is 5.82 Å². The molecular weight excluding hydrogens is 232 g/mol. The van der Waals surface area contributed by atoms with E-state index in [0.717, 1.165) is 36.0 Å². The van der Waals surface area contributed by atoms with Crippen molar-refractivity contribution in [3.05, 3.63) is 5.82 Å². The van der Waals surface area contributed by atoms with Crippen molar-refractivity contribution in [2.45, 2.75) is 38.6 Å². The maximum Gasteiger partial charge on any atom is 0.205 e. The van der Waals surface area contributed by atoms with E-state index in [4.69, 9.17) is 0 Å². The molecule has 0 aromatic carbocycles. The minimum Gasteiger partial charge on any atom is -0.347 e. The van der Waals surface area contributed by atoms with E-state index in [2.05, 4.69) is 19.6 Å². The van der Waals surface area contributed by atoms with Crippen LogP contribution in [0.15, 0.2) is 0 Å². The van der Waals surface area contributed by atoms with Gasteiger partial charge in [-0.2, -0.15) is 4.37 Å². The van der Waals surface area contributed by atoms with Gasteiger partial charge in [-0.1, -0.05) is 0 Å². The van der Waals surface area contributed by atoms with E-state index in [9.17, 15) is 0 Å². The molecule has 4 nitrogen and oxygen atoms in total. The lowest BCUT2D eigenvalue weighted by Gasteiger charge is -2.32. The van der Waals surface area contributed by atoms with Crippen molar-refractivity contribution in [3.8, 4) is 0 Å². The maximum absolute atomic E-state index is 4.46. The van der Waals surface area contributed by atoms with Gasteiger partial charge in [0.05, 0.1) is 0 Å². The molecule has 1 aliphatic heterocycles. The van der Waals surface area contributed by atoms with Crippen LogP contribution in [0.4, 0.5) is 5.13 Å². The number of anilines is 1. The molecule has 0 radical (unpaired) electrons. The van der Waals surface area contributed by atoms with Gasteiger partial charge in [-0.05, 0) is 45.1 Å². The molecule has 1 saturated heterocycles. The van der Waals surface area contributed by atoms with Crippen molar-refractivity contribution in [1.29, 1.82) is 0 Å². The van der Waals surface area contributed by atoms with Crippen LogP contribution in [0.5, 0.6) is 0 Å². The number of rotatable bonds is 4. The zero-order valence-electron chi connectivity index (χ0n) is 10.4. The van der Waals surface area contributed by atoms with Crippen molar-refractivity contribution in [1.82, 2.24) is 14.7 Å². The molecule has 0 atom stereocenters. The Hall–Kier alpha value is -0.680. The number of hydrogen-bond acceptors (Lipinski definition) is 5. The smallest absolute Gasteiger partial charge is 0.205 e. The highest BCUT2D eigenvalue weighted by molar-refractivity contribution is 7.09. The Morgan fingerprint density at radius 3 is 2.65 bits per heavy atom. The Kier molecular flexibility index (Phi) is 3.29. The first-order valence-corrected chi connectivity index (χ1v) is 7.37. The lowest BCUT2D eigenvalue weighted by molar-refractivity contribution is 0.408. The largest absolute Gasteiger partial charge is 0.347 e. The Labute approximate surface area is 107 Å². The van der Waals surface area contributed by atoms with Gasteiger partial charge < -0.3 is 10.2 Å². The molecule has 0 spiro atoms. The summed E-state index contributed by atoms with van der Waals surface area (Å²) in [5.41, 5.74) is 0. The predicted molar refractivity (Wildman–Crippen MR) is 70.6 cm³/mol. The molecular formula is C12H20N4S. The molecule has 0 unspecified atom stereocenters. The van der Waals surface area contributed by atoms with Gasteiger partial charge in [0.15, 0.2) is 0 Å². The molecule has 2 heterocycles. The molecule has 0 bridgehead atoms. The molecule has 94 valence electrons. The Morgan fingerprint density at radius 1 is 1.29 bits per heavy atom. The van der Waals surface area contributed by atoms with E-state index >= 15 is 0 Å². The van der Waals surface area contributed by atoms with Crippen molar-refractivity contribution in [2.75, 3.05) is 24.5 Å². The summed E-state index contributed by atoms with van der Waals surface area (Å²) < 4.78 is 4.25. The van der Waals surface area contributed by atoms with Crippen LogP contribution in [-0.2, 0) is 0 Å². The summed E-state index contributed by atoms with van der Waals surface area (Å²) in [4.78, 5) is 6.83. The zero-order chi connectivity index (χ0) is 11.7. The molecule has 1 saturated carbocycles. The van der Waals surface area contributed by atoms with Crippen LogP contribution in [0.25, 0.3) is 0 Å². The maximum atomic E-state index is 4.46. The fourth-order valence-electron chi connectivity index (χ4n) is 2.34. The summed E-state index contributed by atoms with van der Waals surface area (Å²) in [6.45, 7) is 5.44. The molecule has 2 aliphatic rings. The molecule has 5 heteroatoms. The topological polar surface area (TPSA) is 41.1 Å². The van der Waals surface area contributed by atoms with Crippen LogP contribution in [-0.4, -0.2) is 35.0 Å². The Balaban J connectivity index is 1.46. The van der Waals surface area contributed by atoms with Gasteiger partial charge in [0.2, 0.25) is 5.13 Å². The van der Waals surface area contributed by atoms with Crippen molar-refractivity contribution in [3.63, 3.8) is 0 Å². The summed E-state index contributed by atoms with van der Waals surface area (Å²) in [6.07, 6.45) is 5.36. The van der Waals surface area contributed by atoms with Crippen LogP contribution in [0.2, 0.25) is 0 Å². The van der Waals surface area contributed by atoms with E-state index in [1.807, 2.05) is 6.92 Å². The highest BCUT2D eigenvalue weighted by Crippen LogP contribution is 2.28. The summed E-state index contributed by atoms with van der Waals surface area (Å²) >= 11 is 1.53. The second-order valence-electron chi connectivity index (χ2n) is 5.24. The first kappa shape index (κ1) is 11.4. The van der Waals surface area contributed by atoms with Crippen molar-refractivity contribution < 1.29 is 0 Å². The minimum absolute atomic E-state index is 0.723. The summed E-state index contributed by atoms with van der Waals surface area (Å²) in [5.74, 6) is 1.89. The lowest BCUT2D eigenvalue weighted by atomic mass is 10.1. The normalized spacial score (nSPS) is 22.1. The van der Waals surface area contributed by atoms with Crippen molar-refractivity contribution >= 4 is 16.7 Å². The third kappa shape index (κ3) is 2.96. The van der Waals surface area contributed by atoms with Gasteiger partial charge in [-0.25, -0.2) is 4.98 Å². The molecule has 1 aliphatic carbocycles. The van der Waals surface area contributed by atoms with Gasteiger partial charge in [-0.15, -0.1) is 0 Å². The van der Waals surface area contributed by atoms with Gasteiger partial charge in [0.25, 0.3) is 0 Å². The van der Waals surface area contributed by atoms with Gasteiger partial charge in [-0.3, -0.25) is 0 Å². The second kappa shape index (κ2) is 4.90. The first-order valence-electron chi connectivity index (χ1n) is 6.60. The van der Waals surface area contributed by atoms with Crippen LogP contribution in [0, 0.1) is 12.8 Å². The zero-order valence-corrected chi connectivity index (χ0v) is 11.2. The quantitative estimate of drug-likeness (QED) is 0.887. The second-order valence-corrected chi connectivity index (χ2v) is 5.97. The molecule has 1 N–H and O–H groups in total. The van der Waals surface area contributed by atoms with E-state index in [1.165, 1.54) is 43.8 Å². The number of nitrogens with one attached hydrogen (secondary N) is 1. The van der Waals surface area contributed by atoms with E-state index in [1.54, 1.807) is 0 Å². The molecule has 3 rings (SSSR count).